The lowest BCUT2D eigenvalue weighted by molar-refractivity contribution is -0.438. The predicted octanol–water partition coefficient (Wildman–Crippen LogP) is 6.07. The fourth-order valence-electron chi connectivity index (χ4n) is 6.79. The number of allylic oxidation sites excluding steroid dienone is 4. The Morgan fingerprint density at radius 1 is 0.891 bits per heavy atom. The first-order valence-electron chi connectivity index (χ1n) is 16.1. The number of carbonyl (C=O) groups is 2. The molecule has 3 N–H and O–H groups in total. The van der Waals surface area contributed by atoms with Crippen LogP contribution in [0.15, 0.2) is 60.3 Å². The van der Waals surface area contributed by atoms with Gasteiger partial charge in [0.1, 0.15) is 6.54 Å². The molecule has 0 bridgehead atoms. The summed E-state index contributed by atoms with van der Waals surface area (Å²) in [6, 6.07) is 11.3. The van der Waals surface area contributed by atoms with Crippen molar-refractivity contribution in [1.82, 2.24) is 0 Å². The molecule has 2 aromatic rings. The van der Waals surface area contributed by atoms with Crippen molar-refractivity contribution in [3.05, 3.63) is 77.0 Å². The smallest absolute Gasteiger partial charge is 0.303 e. The van der Waals surface area contributed by atoms with E-state index >= 15 is 0 Å². The summed E-state index contributed by atoms with van der Waals surface area (Å²) in [5.41, 5.74) is 6.59. The van der Waals surface area contributed by atoms with Gasteiger partial charge in [0.05, 0.1) is 5.41 Å². The first-order chi connectivity index (χ1) is 21.5. The van der Waals surface area contributed by atoms with Crippen molar-refractivity contribution < 1.29 is 38.7 Å². The van der Waals surface area contributed by atoms with Crippen molar-refractivity contribution in [2.24, 2.45) is 0 Å². The first-order valence-corrected chi connectivity index (χ1v) is 17.7. The molecule has 2 aromatic carbocycles. The van der Waals surface area contributed by atoms with E-state index in [0.717, 1.165) is 60.6 Å². The maximum atomic E-state index is 12.0. The molecule has 46 heavy (non-hydrogen) atoms. The number of carboxylic acids is 2. The second-order valence-corrected chi connectivity index (χ2v) is 15.1. The van der Waals surface area contributed by atoms with Gasteiger partial charge in [0.25, 0.3) is 0 Å². The van der Waals surface area contributed by atoms with E-state index in [-0.39, 0.29) is 23.6 Å². The second-order valence-electron chi connectivity index (χ2n) is 13.5. The number of aryl methyl sites for hydroxylation is 1. The summed E-state index contributed by atoms with van der Waals surface area (Å²) in [7, 11) is -4.69. The van der Waals surface area contributed by atoms with Gasteiger partial charge in [-0.15, -0.1) is 0 Å². The summed E-state index contributed by atoms with van der Waals surface area (Å²) in [5.74, 6) is -1.58. The average Bonchev–Trinajstić information content (AvgIpc) is 3.30. The molecule has 2 aliphatic heterocycles. The van der Waals surface area contributed by atoms with Gasteiger partial charge in [-0.05, 0) is 76.3 Å². The SMILES string of the molecule is Cc1ccc2c(c1)C(C)(C)/C(=C\C=C\C1=[N+](CCCCCC(=O)O)c3ccc(P(=O)([O-])O)cc3C1(C)C)N2CCCCCC(=O)O. The largest absolute Gasteiger partial charge is 0.775 e. The third-order valence-electron chi connectivity index (χ3n) is 9.30. The fraction of sp³-hybridized carbons (Fsp3) is 0.472. The van der Waals surface area contributed by atoms with Crippen molar-refractivity contribution in [3.8, 4) is 0 Å². The van der Waals surface area contributed by atoms with Gasteiger partial charge in [-0.2, -0.15) is 4.58 Å². The third kappa shape index (κ3) is 7.71. The molecule has 0 amide bonds. The summed E-state index contributed by atoms with van der Waals surface area (Å²) in [6.45, 7) is 12.0. The lowest BCUT2D eigenvalue weighted by atomic mass is 9.81. The van der Waals surface area contributed by atoms with E-state index in [1.807, 2.05) is 13.8 Å². The summed E-state index contributed by atoms with van der Waals surface area (Å²) in [4.78, 5) is 46.2. The van der Waals surface area contributed by atoms with Crippen LogP contribution in [0.4, 0.5) is 11.4 Å². The van der Waals surface area contributed by atoms with Crippen molar-refractivity contribution in [1.29, 1.82) is 0 Å². The van der Waals surface area contributed by atoms with E-state index in [0.29, 0.717) is 19.4 Å². The quantitative estimate of drug-likeness (QED) is 0.120. The third-order valence-corrected chi connectivity index (χ3v) is 10.2. The number of aliphatic carboxylic acids is 2. The van der Waals surface area contributed by atoms with E-state index < -0.39 is 24.9 Å². The normalized spacial score (nSPS) is 18.7. The number of rotatable bonds is 15. The zero-order valence-corrected chi connectivity index (χ0v) is 28.5. The number of unbranched alkanes of at least 4 members (excludes halogenated alkanes) is 4. The Bertz CT molecular complexity index is 1630. The first kappa shape index (κ1) is 35.3. The maximum Gasteiger partial charge on any atom is 0.303 e. The summed E-state index contributed by atoms with van der Waals surface area (Å²) in [5, 5.41) is 18.0. The Kier molecular flexibility index (Phi) is 10.8. The van der Waals surface area contributed by atoms with E-state index in [4.69, 9.17) is 10.2 Å². The highest BCUT2D eigenvalue weighted by Crippen LogP contribution is 2.48. The summed E-state index contributed by atoms with van der Waals surface area (Å²) in [6.07, 6.45) is 11.0. The highest BCUT2D eigenvalue weighted by molar-refractivity contribution is 7.58. The van der Waals surface area contributed by atoms with Crippen LogP contribution in [0, 0.1) is 6.92 Å². The van der Waals surface area contributed by atoms with Crippen molar-refractivity contribution >= 4 is 41.9 Å². The van der Waals surface area contributed by atoms with Gasteiger partial charge in [0.15, 0.2) is 13.3 Å². The van der Waals surface area contributed by atoms with E-state index in [1.165, 1.54) is 17.2 Å². The lowest BCUT2D eigenvalue weighted by Crippen LogP contribution is -2.29. The van der Waals surface area contributed by atoms with Crippen LogP contribution < -0.4 is 15.1 Å². The van der Waals surface area contributed by atoms with E-state index in [1.54, 1.807) is 12.1 Å². The minimum absolute atomic E-state index is 0.118. The molecule has 0 aromatic heterocycles. The molecule has 0 radical (unpaired) electrons. The van der Waals surface area contributed by atoms with Crippen LogP contribution in [0.25, 0.3) is 0 Å². The number of nitrogens with zero attached hydrogens (tertiary/aromatic N) is 2. The highest BCUT2D eigenvalue weighted by Gasteiger charge is 2.45. The Labute approximate surface area is 272 Å². The van der Waals surface area contributed by atoms with Crippen LogP contribution in [-0.2, 0) is 25.0 Å². The van der Waals surface area contributed by atoms with Crippen LogP contribution in [0.5, 0.6) is 0 Å². The van der Waals surface area contributed by atoms with Crippen molar-refractivity contribution in [3.63, 3.8) is 0 Å². The lowest BCUT2D eigenvalue weighted by Gasteiger charge is -2.27. The molecule has 0 fully saturated rings. The van der Waals surface area contributed by atoms with Crippen LogP contribution >= 0.6 is 7.60 Å². The fourth-order valence-corrected chi connectivity index (χ4v) is 7.34. The van der Waals surface area contributed by atoms with E-state index in [2.05, 4.69) is 66.7 Å². The Balaban J connectivity index is 1.69. The van der Waals surface area contributed by atoms with Gasteiger partial charge in [0, 0.05) is 65.6 Å². The molecule has 4 rings (SSSR count). The molecule has 0 saturated heterocycles. The minimum Gasteiger partial charge on any atom is -0.775 e. The monoisotopic (exact) mass is 650 g/mol. The Hall–Kier alpha value is -3.52. The molecule has 10 heteroatoms. The number of carboxylic acid groups (broad SMARTS) is 2. The molecule has 0 saturated carbocycles. The summed E-state index contributed by atoms with van der Waals surface area (Å²) >= 11 is 0. The molecule has 1 unspecified atom stereocenters. The van der Waals surface area contributed by atoms with Gasteiger partial charge in [-0.3, -0.25) is 9.59 Å². The van der Waals surface area contributed by atoms with Crippen LogP contribution in [0.2, 0.25) is 0 Å². The molecule has 1 atom stereocenters. The van der Waals surface area contributed by atoms with Gasteiger partial charge in [-0.25, -0.2) is 0 Å². The number of fused-ring (bicyclic) bond motifs is 2. The number of hydrogen-bond donors (Lipinski definition) is 3. The molecular weight excluding hydrogens is 603 g/mol. The number of anilines is 1. The molecule has 0 aliphatic carbocycles. The zero-order valence-electron chi connectivity index (χ0n) is 27.6. The molecule has 0 spiro atoms. The standard InChI is InChI=1S/C36H47N2O7P/c1-25-17-19-29-27(23-25)35(2,3)31(37(29)21-10-6-8-15-33(39)40)13-12-14-32-36(4,5)28-24-26(46(43,44)45)18-20-30(28)38(32)22-11-7-9-16-34(41)42/h12-14,17-20,23-24H,6-11,15-16,21-22H2,1-5H3,(H3-,39,40,41,42,43,44,45). The Morgan fingerprint density at radius 3 is 2.17 bits per heavy atom. The molecule has 2 aliphatic rings. The van der Waals surface area contributed by atoms with Gasteiger partial charge >= 0.3 is 11.9 Å². The second kappa shape index (κ2) is 14.1. The van der Waals surface area contributed by atoms with Gasteiger partial charge in [-0.1, -0.05) is 44.0 Å². The van der Waals surface area contributed by atoms with Crippen LogP contribution in [0.1, 0.15) is 95.8 Å². The molecule has 2 heterocycles. The number of benzene rings is 2. The predicted molar refractivity (Wildman–Crippen MR) is 180 cm³/mol. The number of hydrogen-bond acceptors (Lipinski definition) is 5. The van der Waals surface area contributed by atoms with Crippen molar-refractivity contribution in [2.45, 2.75) is 96.8 Å². The summed E-state index contributed by atoms with van der Waals surface area (Å²) < 4.78 is 14.2. The zero-order chi connectivity index (χ0) is 33.9. The molecule has 9 nitrogen and oxygen atoms in total. The van der Waals surface area contributed by atoms with Crippen LogP contribution in [0.3, 0.4) is 0 Å². The highest BCUT2D eigenvalue weighted by atomic mass is 31.2. The van der Waals surface area contributed by atoms with Gasteiger partial charge < -0.3 is 29.5 Å². The molecule has 248 valence electrons. The maximum absolute atomic E-state index is 12.0. The average molecular weight is 651 g/mol. The molecular formula is C36H47N2O7P. The van der Waals surface area contributed by atoms with Crippen LogP contribution in [-0.4, -0.2) is 50.4 Å². The Morgan fingerprint density at radius 2 is 1.54 bits per heavy atom. The van der Waals surface area contributed by atoms with Crippen molar-refractivity contribution in [2.75, 3.05) is 18.0 Å². The van der Waals surface area contributed by atoms with E-state index in [9.17, 15) is 23.9 Å². The minimum atomic E-state index is -4.69. The topological polar surface area (TPSA) is 141 Å². The van der Waals surface area contributed by atoms with Gasteiger partial charge in [0.2, 0.25) is 5.69 Å².